The van der Waals surface area contributed by atoms with Gasteiger partial charge in [-0.25, -0.2) is 4.79 Å². The summed E-state index contributed by atoms with van der Waals surface area (Å²) in [4.78, 5) is 20.6. The first-order chi connectivity index (χ1) is 8.99. The molecule has 0 saturated heterocycles. The Balaban J connectivity index is 0. The summed E-state index contributed by atoms with van der Waals surface area (Å²) in [5.41, 5.74) is 0. The first-order valence-electron chi connectivity index (χ1n) is 6.27. The summed E-state index contributed by atoms with van der Waals surface area (Å²) in [5, 5.41) is 33.1. The zero-order valence-corrected chi connectivity index (χ0v) is 11.2. The van der Waals surface area contributed by atoms with Crippen molar-refractivity contribution in [2.75, 3.05) is 19.8 Å². The van der Waals surface area contributed by atoms with Gasteiger partial charge in [0.2, 0.25) is 0 Å². The summed E-state index contributed by atoms with van der Waals surface area (Å²) in [6.07, 6.45) is 1.36. The third kappa shape index (κ3) is 16.8. The first-order valence-corrected chi connectivity index (χ1v) is 6.27. The van der Waals surface area contributed by atoms with Crippen LogP contribution in [0.25, 0.3) is 0 Å². The number of carboxylic acid groups (broad SMARTS) is 2. The third-order valence-electron chi connectivity index (χ3n) is 2.02. The summed E-state index contributed by atoms with van der Waals surface area (Å²) in [6.45, 7) is 2.62. The van der Waals surface area contributed by atoms with Crippen LogP contribution in [-0.4, -0.2) is 58.3 Å². The molecule has 0 amide bonds. The van der Waals surface area contributed by atoms with Crippen LogP contribution >= 0.6 is 0 Å². The van der Waals surface area contributed by atoms with E-state index in [1.165, 1.54) is 0 Å². The third-order valence-corrected chi connectivity index (χ3v) is 2.02. The zero-order chi connectivity index (χ0) is 15.1. The predicted molar refractivity (Wildman–Crippen MR) is 67.9 cm³/mol. The van der Waals surface area contributed by atoms with Crippen molar-refractivity contribution in [3.05, 3.63) is 0 Å². The maximum Gasteiger partial charge on any atom is 0.333 e. The summed E-state index contributed by atoms with van der Waals surface area (Å²) in [5.74, 6) is -2.39. The van der Waals surface area contributed by atoms with Crippen LogP contribution < -0.4 is 0 Å². The molecule has 0 spiro atoms. The Bertz CT molecular complexity index is 226. The van der Waals surface area contributed by atoms with Crippen molar-refractivity contribution in [3.8, 4) is 0 Å². The Hall–Kier alpha value is -1.18. The minimum absolute atomic E-state index is 0.195. The molecule has 0 saturated carbocycles. The molecular weight excluding hydrogens is 256 g/mol. The molecule has 7 heteroatoms. The smallest absolute Gasteiger partial charge is 0.333 e. The molecule has 0 aromatic carbocycles. The van der Waals surface area contributed by atoms with Crippen molar-refractivity contribution in [2.24, 2.45) is 0 Å². The van der Waals surface area contributed by atoms with E-state index in [1.54, 1.807) is 0 Å². The molecule has 4 N–H and O–H groups in total. The van der Waals surface area contributed by atoms with Gasteiger partial charge in [-0.05, 0) is 19.3 Å². The van der Waals surface area contributed by atoms with E-state index in [0.29, 0.717) is 6.61 Å². The molecule has 1 unspecified atom stereocenters. The Morgan fingerprint density at radius 2 is 1.58 bits per heavy atom. The van der Waals surface area contributed by atoms with Crippen LogP contribution in [0.1, 0.15) is 39.0 Å². The lowest BCUT2D eigenvalue weighted by Gasteiger charge is -2.10. The molecule has 114 valence electrons. The molecule has 0 heterocycles. The predicted octanol–water partition coefficient (Wildman–Crippen LogP) is 0.482. The van der Waals surface area contributed by atoms with E-state index in [1.807, 2.05) is 6.92 Å². The Kier molecular flexibility index (Phi) is 15.8. The van der Waals surface area contributed by atoms with Crippen LogP contribution in [0, 0.1) is 0 Å². The van der Waals surface area contributed by atoms with Crippen LogP contribution in [0.15, 0.2) is 0 Å². The minimum atomic E-state index is -1.22. The SMILES string of the molecule is CCCCOC(CC(=O)O)C(=O)O.OCCCCO. The van der Waals surface area contributed by atoms with Crippen LogP contribution in [0.5, 0.6) is 0 Å². The van der Waals surface area contributed by atoms with Crippen molar-refractivity contribution in [2.45, 2.75) is 45.1 Å². The highest BCUT2D eigenvalue weighted by Gasteiger charge is 2.20. The highest BCUT2D eigenvalue weighted by molar-refractivity contribution is 5.79. The number of rotatable bonds is 10. The van der Waals surface area contributed by atoms with Crippen molar-refractivity contribution >= 4 is 11.9 Å². The van der Waals surface area contributed by atoms with Crippen molar-refractivity contribution in [1.29, 1.82) is 0 Å². The van der Waals surface area contributed by atoms with Crippen molar-refractivity contribution in [1.82, 2.24) is 0 Å². The van der Waals surface area contributed by atoms with Gasteiger partial charge in [-0.15, -0.1) is 0 Å². The van der Waals surface area contributed by atoms with Gasteiger partial charge in [0.05, 0.1) is 6.42 Å². The van der Waals surface area contributed by atoms with E-state index < -0.39 is 24.5 Å². The van der Waals surface area contributed by atoms with Crippen molar-refractivity contribution < 1.29 is 34.8 Å². The number of carbonyl (C=O) groups is 2. The maximum atomic E-state index is 10.4. The number of aliphatic carboxylic acids is 2. The number of aliphatic hydroxyl groups excluding tert-OH is 2. The van der Waals surface area contributed by atoms with Crippen LogP contribution in [0.4, 0.5) is 0 Å². The number of unbranched alkanes of at least 4 members (excludes halogenated alkanes) is 2. The van der Waals surface area contributed by atoms with Gasteiger partial charge in [-0.1, -0.05) is 13.3 Å². The van der Waals surface area contributed by atoms with E-state index in [4.69, 9.17) is 25.2 Å². The summed E-state index contributed by atoms with van der Waals surface area (Å²) >= 11 is 0. The Labute approximate surface area is 112 Å². The minimum Gasteiger partial charge on any atom is -0.481 e. The lowest BCUT2D eigenvalue weighted by Crippen LogP contribution is -2.27. The summed E-state index contributed by atoms with van der Waals surface area (Å²) in [6, 6.07) is 0. The van der Waals surface area contributed by atoms with Gasteiger partial charge in [-0.3, -0.25) is 4.79 Å². The molecule has 0 aliphatic carbocycles. The van der Waals surface area contributed by atoms with Gasteiger partial charge in [0.1, 0.15) is 0 Å². The lowest BCUT2D eigenvalue weighted by atomic mass is 10.2. The molecule has 0 radical (unpaired) electrons. The number of aliphatic hydroxyl groups is 2. The maximum absolute atomic E-state index is 10.4. The lowest BCUT2D eigenvalue weighted by molar-refractivity contribution is -0.156. The molecule has 0 rings (SSSR count). The van der Waals surface area contributed by atoms with Gasteiger partial charge in [0, 0.05) is 19.8 Å². The molecule has 0 aromatic heterocycles. The molecular formula is C12H24O7. The molecule has 0 aliphatic rings. The van der Waals surface area contributed by atoms with Crippen molar-refractivity contribution in [3.63, 3.8) is 0 Å². The molecule has 19 heavy (non-hydrogen) atoms. The molecule has 0 aromatic rings. The monoisotopic (exact) mass is 280 g/mol. The van der Waals surface area contributed by atoms with Gasteiger partial charge >= 0.3 is 11.9 Å². The van der Waals surface area contributed by atoms with E-state index in [9.17, 15) is 9.59 Å². The second kappa shape index (κ2) is 14.9. The molecule has 7 nitrogen and oxygen atoms in total. The highest BCUT2D eigenvalue weighted by Crippen LogP contribution is 2.01. The fourth-order valence-corrected chi connectivity index (χ4v) is 0.970. The number of carboxylic acids is 2. The Morgan fingerprint density at radius 1 is 1.05 bits per heavy atom. The standard InChI is InChI=1S/C8H14O5.C4H10O2/c1-2-3-4-13-6(8(11)12)5-7(9)10;5-3-1-2-4-6/h6H,2-5H2,1H3,(H,9,10)(H,11,12);5-6H,1-4H2. The van der Waals surface area contributed by atoms with Crippen LogP contribution in [0.2, 0.25) is 0 Å². The first kappa shape index (κ1) is 20.1. The topological polar surface area (TPSA) is 124 Å². The fraction of sp³-hybridized carbons (Fsp3) is 0.833. The van der Waals surface area contributed by atoms with E-state index >= 15 is 0 Å². The van der Waals surface area contributed by atoms with Gasteiger partial charge in [0.25, 0.3) is 0 Å². The summed E-state index contributed by atoms with van der Waals surface area (Å²) in [7, 11) is 0. The molecule has 0 fully saturated rings. The highest BCUT2D eigenvalue weighted by atomic mass is 16.5. The summed E-state index contributed by atoms with van der Waals surface area (Å²) < 4.78 is 4.87. The number of hydrogen-bond acceptors (Lipinski definition) is 5. The number of hydrogen-bond donors (Lipinski definition) is 4. The quantitative estimate of drug-likeness (QED) is 0.429. The average Bonchev–Trinajstić information content (AvgIpc) is 2.35. The van der Waals surface area contributed by atoms with Crippen LogP contribution in [-0.2, 0) is 14.3 Å². The average molecular weight is 280 g/mol. The van der Waals surface area contributed by atoms with Gasteiger partial charge in [0.15, 0.2) is 6.10 Å². The largest absolute Gasteiger partial charge is 0.481 e. The van der Waals surface area contributed by atoms with E-state index in [2.05, 4.69) is 0 Å². The molecule has 0 bridgehead atoms. The second-order valence-corrected chi connectivity index (χ2v) is 3.80. The number of ether oxygens (including phenoxy) is 1. The second-order valence-electron chi connectivity index (χ2n) is 3.80. The van der Waals surface area contributed by atoms with Gasteiger partial charge in [-0.2, -0.15) is 0 Å². The van der Waals surface area contributed by atoms with Gasteiger partial charge < -0.3 is 25.2 Å². The van der Waals surface area contributed by atoms with E-state index in [0.717, 1.165) is 25.7 Å². The molecule has 1 atom stereocenters. The fourth-order valence-electron chi connectivity index (χ4n) is 0.970. The Morgan fingerprint density at radius 3 is 1.89 bits per heavy atom. The molecule has 0 aliphatic heterocycles. The normalized spacial score (nSPS) is 11.3. The zero-order valence-electron chi connectivity index (χ0n) is 11.2. The van der Waals surface area contributed by atoms with E-state index in [-0.39, 0.29) is 13.2 Å². The van der Waals surface area contributed by atoms with Crippen LogP contribution in [0.3, 0.4) is 0 Å².